The number of carbonyl (C=O) groups excluding carboxylic acids is 1. The number of carbonyl (C=O) groups is 1. The van der Waals surface area contributed by atoms with Gasteiger partial charge in [-0.2, -0.15) is 0 Å². The van der Waals surface area contributed by atoms with E-state index in [0.29, 0.717) is 19.6 Å². The molecule has 0 aromatic heterocycles. The number of anilines is 2. The number of amides is 1. The lowest BCUT2D eigenvalue weighted by Gasteiger charge is -2.36. The Labute approximate surface area is 183 Å². The number of nitrogens with zero attached hydrogens (tertiary/aromatic N) is 2. The van der Waals surface area contributed by atoms with Gasteiger partial charge in [-0.05, 0) is 60.0 Å². The molecule has 0 bridgehead atoms. The van der Waals surface area contributed by atoms with Crippen LogP contribution in [-0.4, -0.2) is 37.0 Å². The van der Waals surface area contributed by atoms with Crippen molar-refractivity contribution in [1.29, 1.82) is 0 Å². The van der Waals surface area contributed by atoms with Crippen LogP contribution in [-0.2, 0) is 13.0 Å². The maximum Gasteiger partial charge on any atom is 0.253 e. The Kier molecular flexibility index (Phi) is 6.51. The maximum absolute atomic E-state index is 13.2. The average molecular weight is 418 g/mol. The molecule has 3 aromatic carbocycles. The second-order valence-corrected chi connectivity index (χ2v) is 7.82. The number of aryl methyl sites for hydroxylation is 1. The Balaban J connectivity index is 1.36. The largest absolute Gasteiger partial charge is 0.381 e. The summed E-state index contributed by atoms with van der Waals surface area (Å²) < 4.78 is 13.2. The van der Waals surface area contributed by atoms with Crippen LogP contribution < -0.4 is 10.2 Å². The van der Waals surface area contributed by atoms with Crippen molar-refractivity contribution in [3.63, 3.8) is 0 Å². The molecular formula is C26H28FN3O. The summed E-state index contributed by atoms with van der Waals surface area (Å²) in [6.45, 7) is 5.62. The quantitative estimate of drug-likeness (QED) is 0.616. The van der Waals surface area contributed by atoms with E-state index >= 15 is 0 Å². The summed E-state index contributed by atoms with van der Waals surface area (Å²) in [5.74, 6) is -0.167. The summed E-state index contributed by atoms with van der Waals surface area (Å²) in [7, 11) is 0. The van der Waals surface area contributed by atoms with Crippen LogP contribution >= 0.6 is 0 Å². The molecule has 4 nitrogen and oxygen atoms in total. The molecule has 31 heavy (non-hydrogen) atoms. The number of halogens is 1. The number of para-hydroxylation sites is 1. The van der Waals surface area contributed by atoms with Crippen molar-refractivity contribution in [1.82, 2.24) is 4.90 Å². The molecule has 160 valence electrons. The minimum absolute atomic E-state index is 0.0644. The van der Waals surface area contributed by atoms with E-state index in [1.165, 1.54) is 17.7 Å². The van der Waals surface area contributed by atoms with Gasteiger partial charge in [0.05, 0.1) is 0 Å². The predicted octanol–water partition coefficient (Wildman–Crippen LogP) is 4.96. The van der Waals surface area contributed by atoms with Crippen molar-refractivity contribution in [2.75, 3.05) is 36.4 Å². The maximum atomic E-state index is 13.2. The highest BCUT2D eigenvalue weighted by Crippen LogP contribution is 2.19. The molecule has 1 fully saturated rings. The van der Waals surface area contributed by atoms with Crippen LogP contribution in [0.5, 0.6) is 0 Å². The van der Waals surface area contributed by atoms with E-state index in [9.17, 15) is 9.18 Å². The van der Waals surface area contributed by atoms with Gasteiger partial charge >= 0.3 is 0 Å². The summed E-state index contributed by atoms with van der Waals surface area (Å²) in [6.07, 6.45) is 0.978. The highest BCUT2D eigenvalue weighted by Gasteiger charge is 2.22. The number of benzene rings is 3. The van der Waals surface area contributed by atoms with Crippen molar-refractivity contribution < 1.29 is 9.18 Å². The van der Waals surface area contributed by atoms with Gasteiger partial charge in [0.2, 0.25) is 0 Å². The van der Waals surface area contributed by atoms with Gasteiger partial charge in [-0.3, -0.25) is 4.79 Å². The first-order valence-electron chi connectivity index (χ1n) is 10.8. The van der Waals surface area contributed by atoms with Crippen LogP contribution in [0.1, 0.15) is 28.4 Å². The summed E-state index contributed by atoms with van der Waals surface area (Å²) >= 11 is 0. The SMILES string of the molecule is CCc1ccccc1NCc1cccc(C(=O)N2CCN(c3ccc(F)cc3)CC2)c1. The third-order valence-corrected chi connectivity index (χ3v) is 5.81. The first-order valence-corrected chi connectivity index (χ1v) is 10.8. The molecule has 0 radical (unpaired) electrons. The molecule has 0 spiro atoms. The predicted molar refractivity (Wildman–Crippen MR) is 124 cm³/mol. The second kappa shape index (κ2) is 9.65. The van der Waals surface area contributed by atoms with Crippen molar-refractivity contribution in [2.45, 2.75) is 19.9 Å². The molecule has 0 unspecified atom stereocenters. The highest BCUT2D eigenvalue weighted by atomic mass is 19.1. The first kappa shape index (κ1) is 20.9. The van der Waals surface area contributed by atoms with Crippen LogP contribution in [0.25, 0.3) is 0 Å². The molecule has 1 heterocycles. The van der Waals surface area contributed by atoms with E-state index in [0.717, 1.165) is 42.0 Å². The van der Waals surface area contributed by atoms with Crippen LogP contribution in [0.4, 0.5) is 15.8 Å². The fourth-order valence-electron chi connectivity index (χ4n) is 4.01. The van der Waals surface area contributed by atoms with E-state index in [1.54, 1.807) is 12.1 Å². The molecule has 5 heteroatoms. The van der Waals surface area contributed by atoms with Gasteiger partial charge in [0.15, 0.2) is 0 Å². The minimum atomic E-state index is -0.231. The van der Waals surface area contributed by atoms with Crippen molar-refractivity contribution >= 4 is 17.3 Å². The molecule has 0 atom stereocenters. The third kappa shape index (κ3) is 5.05. The summed E-state index contributed by atoms with van der Waals surface area (Å²) in [6, 6.07) is 22.7. The fraction of sp³-hybridized carbons (Fsp3) is 0.269. The zero-order valence-electron chi connectivity index (χ0n) is 17.9. The van der Waals surface area contributed by atoms with E-state index in [4.69, 9.17) is 0 Å². The van der Waals surface area contributed by atoms with Crippen LogP contribution in [0.2, 0.25) is 0 Å². The fourth-order valence-corrected chi connectivity index (χ4v) is 4.01. The van der Waals surface area contributed by atoms with Crippen molar-refractivity contribution in [2.24, 2.45) is 0 Å². The van der Waals surface area contributed by atoms with Gasteiger partial charge < -0.3 is 15.1 Å². The van der Waals surface area contributed by atoms with Crippen LogP contribution in [0.15, 0.2) is 72.8 Å². The first-order chi connectivity index (χ1) is 15.1. The monoisotopic (exact) mass is 417 g/mol. The normalized spacial score (nSPS) is 13.9. The smallest absolute Gasteiger partial charge is 0.253 e. The number of hydrogen-bond donors (Lipinski definition) is 1. The minimum Gasteiger partial charge on any atom is -0.381 e. The highest BCUT2D eigenvalue weighted by molar-refractivity contribution is 5.94. The van der Waals surface area contributed by atoms with Gasteiger partial charge in [-0.1, -0.05) is 37.3 Å². The molecule has 1 N–H and O–H groups in total. The van der Waals surface area contributed by atoms with Gasteiger partial charge in [-0.15, -0.1) is 0 Å². The number of piperazine rings is 1. The number of hydrogen-bond acceptors (Lipinski definition) is 3. The van der Waals surface area contributed by atoms with E-state index in [2.05, 4.69) is 35.3 Å². The van der Waals surface area contributed by atoms with E-state index in [1.807, 2.05) is 35.2 Å². The van der Waals surface area contributed by atoms with Crippen molar-refractivity contribution in [3.8, 4) is 0 Å². The van der Waals surface area contributed by atoms with Crippen LogP contribution in [0, 0.1) is 5.82 Å². The number of rotatable bonds is 6. The van der Waals surface area contributed by atoms with Gasteiger partial charge in [0.1, 0.15) is 5.82 Å². The zero-order valence-corrected chi connectivity index (χ0v) is 17.9. The van der Waals surface area contributed by atoms with Crippen LogP contribution in [0.3, 0.4) is 0 Å². The lowest BCUT2D eigenvalue weighted by molar-refractivity contribution is 0.0746. The summed E-state index contributed by atoms with van der Waals surface area (Å²) in [5.41, 5.74) is 5.22. The summed E-state index contributed by atoms with van der Waals surface area (Å²) in [4.78, 5) is 17.1. The Morgan fingerprint density at radius 3 is 2.42 bits per heavy atom. The Bertz CT molecular complexity index is 1030. The Morgan fingerprint density at radius 2 is 1.68 bits per heavy atom. The summed E-state index contributed by atoms with van der Waals surface area (Å²) in [5, 5.41) is 3.50. The van der Waals surface area contributed by atoms with Crippen molar-refractivity contribution in [3.05, 3.63) is 95.3 Å². The zero-order chi connectivity index (χ0) is 21.6. The molecule has 1 amide bonds. The van der Waals surface area contributed by atoms with E-state index < -0.39 is 0 Å². The number of nitrogens with one attached hydrogen (secondary N) is 1. The van der Waals surface area contributed by atoms with Gasteiger partial charge in [0.25, 0.3) is 5.91 Å². The molecular weight excluding hydrogens is 389 g/mol. The second-order valence-electron chi connectivity index (χ2n) is 7.82. The van der Waals surface area contributed by atoms with Gasteiger partial charge in [0, 0.05) is 49.7 Å². The average Bonchev–Trinajstić information content (AvgIpc) is 2.83. The molecule has 0 aliphatic carbocycles. The lowest BCUT2D eigenvalue weighted by Crippen LogP contribution is -2.48. The molecule has 3 aromatic rings. The Morgan fingerprint density at radius 1 is 0.935 bits per heavy atom. The molecule has 4 rings (SSSR count). The third-order valence-electron chi connectivity index (χ3n) is 5.81. The molecule has 1 saturated heterocycles. The Hall–Kier alpha value is -3.34. The lowest BCUT2D eigenvalue weighted by atomic mass is 10.1. The van der Waals surface area contributed by atoms with Gasteiger partial charge in [-0.25, -0.2) is 4.39 Å². The topological polar surface area (TPSA) is 35.6 Å². The molecule has 1 aliphatic rings. The molecule has 0 saturated carbocycles. The standard InChI is InChI=1S/C26H28FN3O/c1-2-21-7-3-4-9-25(21)28-19-20-6-5-8-22(18-20)26(31)30-16-14-29(15-17-30)24-12-10-23(27)11-13-24/h3-13,18,28H,2,14-17,19H2,1H3. The molecule has 1 aliphatic heterocycles. The van der Waals surface area contributed by atoms with E-state index in [-0.39, 0.29) is 11.7 Å².